The second-order valence-electron chi connectivity index (χ2n) is 8.76. The largest absolute Gasteiger partial charge is 0.477 e. The lowest BCUT2D eigenvalue weighted by Gasteiger charge is -2.35. The molecule has 0 aromatic heterocycles. The van der Waals surface area contributed by atoms with E-state index < -0.39 is 28.6 Å². The molecule has 8 nitrogen and oxygen atoms in total. The molecule has 3 aromatic carbocycles. The summed E-state index contributed by atoms with van der Waals surface area (Å²) in [6, 6.07) is 23.4. The Morgan fingerprint density at radius 3 is 2.38 bits per heavy atom. The fraction of sp³-hybridized carbons (Fsp3) is 0.259. The van der Waals surface area contributed by atoms with Gasteiger partial charge in [0.05, 0.1) is 25.0 Å². The molecular weight excluding hydrogens is 514 g/mol. The number of rotatable bonds is 9. The summed E-state index contributed by atoms with van der Waals surface area (Å²) in [4.78, 5) is 27.8. The van der Waals surface area contributed by atoms with Gasteiger partial charge in [-0.05, 0) is 41.8 Å². The van der Waals surface area contributed by atoms with E-state index in [1.54, 1.807) is 48.5 Å². The van der Waals surface area contributed by atoms with Crippen molar-refractivity contribution in [3.05, 3.63) is 95.0 Å². The highest BCUT2D eigenvalue weighted by atomic mass is 35.5. The predicted molar refractivity (Wildman–Crippen MR) is 143 cm³/mol. The van der Waals surface area contributed by atoms with Crippen LogP contribution < -0.4 is 15.0 Å². The summed E-state index contributed by atoms with van der Waals surface area (Å²) in [5.41, 5.74) is 2.28. The van der Waals surface area contributed by atoms with E-state index in [1.807, 2.05) is 30.3 Å². The molecule has 2 amide bonds. The topological polar surface area (TPSA) is 96.0 Å². The van der Waals surface area contributed by atoms with Gasteiger partial charge in [-0.1, -0.05) is 66.2 Å². The zero-order valence-corrected chi connectivity index (χ0v) is 21.9. The molecule has 0 spiro atoms. The number of carbonyl (C=O) groups excluding carboxylic acids is 2. The van der Waals surface area contributed by atoms with E-state index in [4.69, 9.17) is 16.3 Å². The van der Waals surface area contributed by atoms with Gasteiger partial charge in [0.2, 0.25) is 15.9 Å². The van der Waals surface area contributed by atoms with E-state index in [2.05, 4.69) is 5.32 Å². The highest BCUT2D eigenvalue weighted by Crippen LogP contribution is 2.33. The van der Waals surface area contributed by atoms with Gasteiger partial charge in [-0.3, -0.25) is 9.59 Å². The summed E-state index contributed by atoms with van der Waals surface area (Å²) in [7, 11) is -3.71. The van der Waals surface area contributed by atoms with Crippen molar-refractivity contribution in [3.8, 4) is 5.75 Å². The Labute approximate surface area is 221 Å². The summed E-state index contributed by atoms with van der Waals surface area (Å²) in [6.45, 7) is 0.00207. The van der Waals surface area contributed by atoms with Crippen molar-refractivity contribution in [1.82, 2.24) is 9.62 Å². The Hall–Kier alpha value is -3.40. The number of halogens is 1. The summed E-state index contributed by atoms with van der Waals surface area (Å²) in [5.74, 6) is -0.421. The number of nitrogens with one attached hydrogen (secondary N) is 1. The van der Waals surface area contributed by atoms with Gasteiger partial charge in [0, 0.05) is 18.1 Å². The molecule has 10 heteroatoms. The molecule has 1 aliphatic heterocycles. The average molecular weight is 542 g/mol. The van der Waals surface area contributed by atoms with E-state index in [1.165, 1.54) is 4.90 Å². The van der Waals surface area contributed by atoms with Crippen molar-refractivity contribution in [2.75, 3.05) is 30.8 Å². The van der Waals surface area contributed by atoms with Gasteiger partial charge in [-0.15, -0.1) is 0 Å². The maximum Gasteiger partial charge on any atom is 0.262 e. The highest BCUT2D eigenvalue weighted by molar-refractivity contribution is 7.88. The van der Waals surface area contributed by atoms with Crippen LogP contribution in [0.5, 0.6) is 5.75 Å². The lowest BCUT2D eigenvalue weighted by Crippen LogP contribution is -2.53. The molecule has 4 rings (SSSR count). The van der Waals surface area contributed by atoms with Crippen LogP contribution in [0.25, 0.3) is 0 Å². The van der Waals surface area contributed by atoms with E-state index in [0.29, 0.717) is 35.0 Å². The molecule has 0 bridgehead atoms. The van der Waals surface area contributed by atoms with Gasteiger partial charge >= 0.3 is 0 Å². The van der Waals surface area contributed by atoms with Crippen LogP contribution in [0.15, 0.2) is 78.9 Å². The number of nitrogens with zero attached hydrogens (tertiary/aromatic N) is 2. The summed E-state index contributed by atoms with van der Waals surface area (Å²) in [6.07, 6.45) is 0.788. The van der Waals surface area contributed by atoms with Crippen LogP contribution in [0, 0.1) is 0 Å². The second kappa shape index (κ2) is 11.8. The zero-order chi connectivity index (χ0) is 26.4. The van der Waals surface area contributed by atoms with Crippen LogP contribution in [0.2, 0.25) is 5.02 Å². The third kappa shape index (κ3) is 7.09. The van der Waals surface area contributed by atoms with Crippen LogP contribution >= 0.6 is 11.6 Å². The number of fused-ring (bicyclic) bond motifs is 1. The minimum absolute atomic E-state index is 0.0110. The average Bonchev–Trinajstić information content (AvgIpc) is 2.88. The molecule has 0 aliphatic carbocycles. The van der Waals surface area contributed by atoms with Crippen molar-refractivity contribution in [2.24, 2.45) is 0 Å². The normalized spacial score (nSPS) is 15.1. The highest BCUT2D eigenvalue weighted by Gasteiger charge is 2.35. The number of sulfonamides is 1. The molecular formula is C27H28ClN3O5S. The smallest absolute Gasteiger partial charge is 0.262 e. The Bertz CT molecular complexity index is 1350. The number of anilines is 1. The van der Waals surface area contributed by atoms with Crippen LogP contribution in [-0.2, 0) is 32.6 Å². The fourth-order valence-corrected chi connectivity index (χ4v) is 4.87. The fourth-order valence-electron chi connectivity index (χ4n) is 4.02. The number of hydrogen-bond donors (Lipinski definition) is 1. The van der Waals surface area contributed by atoms with Crippen molar-refractivity contribution < 1.29 is 22.7 Å². The van der Waals surface area contributed by atoms with Crippen LogP contribution in [0.1, 0.15) is 11.1 Å². The van der Waals surface area contributed by atoms with Crippen LogP contribution in [-0.4, -0.2) is 56.5 Å². The van der Waals surface area contributed by atoms with Gasteiger partial charge < -0.3 is 15.0 Å². The number of para-hydroxylation sites is 2. The molecule has 1 atom stereocenters. The van der Waals surface area contributed by atoms with Crippen molar-refractivity contribution in [3.63, 3.8) is 0 Å². The van der Waals surface area contributed by atoms with Gasteiger partial charge in [0.15, 0.2) is 6.10 Å². The van der Waals surface area contributed by atoms with Crippen LogP contribution in [0.3, 0.4) is 0 Å². The Morgan fingerprint density at radius 1 is 1.00 bits per heavy atom. The van der Waals surface area contributed by atoms with E-state index in [-0.39, 0.29) is 19.0 Å². The molecule has 1 aliphatic rings. The first-order valence-corrected chi connectivity index (χ1v) is 14.0. The molecule has 1 heterocycles. The summed E-state index contributed by atoms with van der Waals surface area (Å²) in [5, 5.41) is 3.41. The SMILES string of the molecule is CS(=O)(=O)N(CC(=O)N1C[C@@H](C(=O)NCCc2ccccc2)Oc2ccccc21)Cc1ccc(Cl)cc1. The Kier molecular flexibility index (Phi) is 8.48. The number of ether oxygens (including phenoxy) is 1. The predicted octanol–water partition coefficient (Wildman–Crippen LogP) is 3.25. The molecule has 0 radical (unpaired) electrons. The van der Waals surface area contributed by atoms with Crippen molar-refractivity contribution >= 4 is 39.1 Å². The third-order valence-electron chi connectivity index (χ3n) is 5.98. The minimum atomic E-state index is -3.71. The van der Waals surface area contributed by atoms with Gasteiger partial charge in [0.1, 0.15) is 5.75 Å². The number of hydrogen-bond acceptors (Lipinski definition) is 5. The second-order valence-corrected chi connectivity index (χ2v) is 11.2. The molecule has 37 heavy (non-hydrogen) atoms. The quantitative estimate of drug-likeness (QED) is 0.448. The van der Waals surface area contributed by atoms with Crippen molar-refractivity contribution in [2.45, 2.75) is 19.1 Å². The molecule has 0 fully saturated rings. The molecule has 0 saturated carbocycles. The monoisotopic (exact) mass is 541 g/mol. The number of benzene rings is 3. The van der Waals surface area contributed by atoms with Gasteiger partial charge in [0.25, 0.3) is 5.91 Å². The summed E-state index contributed by atoms with van der Waals surface area (Å²) < 4.78 is 32.0. The van der Waals surface area contributed by atoms with Gasteiger partial charge in [-0.25, -0.2) is 8.42 Å². The maximum absolute atomic E-state index is 13.4. The zero-order valence-electron chi connectivity index (χ0n) is 20.3. The van der Waals surface area contributed by atoms with E-state index in [9.17, 15) is 18.0 Å². The summed E-state index contributed by atoms with van der Waals surface area (Å²) >= 11 is 5.94. The molecule has 3 aromatic rings. The minimum Gasteiger partial charge on any atom is -0.477 e. The van der Waals surface area contributed by atoms with Gasteiger partial charge in [-0.2, -0.15) is 4.31 Å². The number of carbonyl (C=O) groups is 2. The van der Waals surface area contributed by atoms with Crippen molar-refractivity contribution in [1.29, 1.82) is 0 Å². The first-order valence-electron chi connectivity index (χ1n) is 11.8. The lowest BCUT2D eigenvalue weighted by atomic mass is 10.1. The van der Waals surface area contributed by atoms with E-state index in [0.717, 1.165) is 16.1 Å². The first-order chi connectivity index (χ1) is 17.7. The van der Waals surface area contributed by atoms with E-state index >= 15 is 0 Å². The lowest BCUT2D eigenvalue weighted by molar-refractivity contribution is -0.128. The van der Waals surface area contributed by atoms with Crippen LogP contribution in [0.4, 0.5) is 5.69 Å². The molecule has 0 saturated heterocycles. The maximum atomic E-state index is 13.4. The first kappa shape index (κ1) is 26.7. The molecule has 0 unspecified atom stereocenters. The molecule has 194 valence electrons. The number of amides is 2. The standard InChI is InChI=1S/C27H28ClN3O5S/c1-37(34,35)30(17-21-11-13-22(28)14-12-21)19-26(32)31-18-25(36-24-10-6-5-9-23(24)31)27(33)29-16-15-20-7-3-2-4-8-20/h2-14,25H,15-19H2,1H3,(H,29,33)/t25-/m0/s1. The Balaban J connectivity index is 1.47. The Morgan fingerprint density at radius 2 is 1.68 bits per heavy atom. The third-order valence-corrected chi connectivity index (χ3v) is 7.42. The molecule has 1 N–H and O–H groups in total.